The van der Waals surface area contributed by atoms with Gasteiger partial charge in [0.25, 0.3) is 0 Å². The maximum absolute atomic E-state index is 11.8. The molecule has 1 N–H and O–H groups in total. The van der Waals surface area contributed by atoms with Crippen molar-refractivity contribution in [3.05, 3.63) is 35.9 Å². The molecule has 1 aromatic carbocycles. The van der Waals surface area contributed by atoms with E-state index in [1.165, 1.54) is 0 Å². The number of carbonyl (C=O) groups excluding carboxylic acids is 1. The Kier molecular flexibility index (Phi) is 6.48. The van der Waals surface area contributed by atoms with Gasteiger partial charge in [0.1, 0.15) is 6.61 Å². The second-order valence-corrected chi connectivity index (χ2v) is 7.99. The molecule has 1 amide bonds. The highest BCUT2D eigenvalue weighted by Gasteiger charge is 2.27. The van der Waals surface area contributed by atoms with Gasteiger partial charge in [0, 0.05) is 16.2 Å². The van der Waals surface area contributed by atoms with Gasteiger partial charge in [-0.1, -0.05) is 37.3 Å². The average Bonchev–Trinajstić information content (AvgIpc) is 2.43. The molecule has 0 radical (unpaired) electrons. The van der Waals surface area contributed by atoms with Crippen LogP contribution in [0.1, 0.15) is 32.3 Å². The van der Waals surface area contributed by atoms with Crippen molar-refractivity contribution in [2.75, 3.05) is 5.75 Å². The van der Waals surface area contributed by atoms with Gasteiger partial charge in [-0.15, -0.1) is 0 Å². The fourth-order valence-electron chi connectivity index (χ4n) is 1.68. The number of rotatable bonds is 7. The lowest BCUT2D eigenvalue weighted by Crippen LogP contribution is -2.46. The first kappa shape index (κ1) is 17.8. The van der Waals surface area contributed by atoms with Crippen LogP contribution in [0.25, 0.3) is 0 Å². The van der Waals surface area contributed by atoms with Crippen molar-refractivity contribution < 1.29 is 17.9 Å². The quantitative estimate of drug-likeness (QED) is 0.778. The smallest absolute Gasteiger partial charge is 0.407 e. The topological polar surface area (TPSA) is 72.5 Å². The van der Waals surface area contributed by atoms with E-state index in [4.69, 9.17) is 15.4 Å². The van der Waals surface area contributed by atoms with E-state index in [1.807, 2.05) is 37.3 Å². The van der Waals surface area contributed by atoms with Crippen molar-refractivity contribution in [3.63, 3.8) is 0 Å². The number of halogens is 1. The first-order valence-electron chi connectivity index (χ1n) is 6.65. The maximum atomic E-state index is 11.8. The number of amides is 1. The van der Waals surface area contributed by atoms with E-state index in [1.54, 1.807) is 6.92 Å². The molecule has 1 rings (SSSR count). The van der Waals surface area contributed by atoms with Crippen molar-refractivity contribution in [2.24, 2.45) is 0 Å². The third kappa shape index (κ3) is 7.34. The summed E-state index contributed by atoms with van der Waals surface area (Å²) in [6.45, 7) is 3.79. The zero-order valence-corrected chi connectivity index (χ0v) is 13.7. The Labute approximate surface area is 130 Å². The van der Waals surface area contributed by atoms with Gasteiger partial charge in [-0.25, -0.2) is 13.2 Å². The van der Waals surface area contributed by atoms with Crippen LogP contribution in [0.5, 0.6) is 0 Å². The summed E-state index contributed by atoms with van der Waals surface area (Å²) in [5.41, 5.74) is 0.213. The fraction of sp³-hybridized carbons (Fsp3) is 0.500. The summed E-state index contributed by atoms with van der Waals surface area (Å²) in [7, 11) is 1.62. The molecule has 0 fully saturated rings. The summed E-state index contributed by atoms with van der Waals surface area (Å²) in [6, 6.07) is 9.30. The molecular weight excluding hydrogens is 314 g/mol. The Morgan fingerprint density at radius 3 is 2.48 bits per heavy atom. The van der Waals surface area contributed by atoms with Crippen molar-refractivity contribution in [3.8, 4) is 0 Å². The van der Waals surface area contributed by atoms with E-state index in [-0.39, 0.29) is 18.8 Å². The SMILES string of the molecule is CCC(C)(CCS(=O)(=O)Cl)NC(=O)OCc1ccccc1. The minimum atomic E-state index is -3.58. The summed E-state index contributed by atoms with van der Waals surface area (Å²) >= 11 is 0. The molecule has 21 heavy (non-hydrogen) atoms. The van der Waals surface area contributed by atoms with Gasteiger partial charge in [0.05, 0.1) is 5.75 Å². The van der Waals surface area contributed by atoms with E-state index in [0.717, 1.165) is 5.56 Å². The zero-order chi connectivity index (χ0) is 15.9. The number of hydrogen-bond donors (Lipinski definition) is 1. The van der Waals surface area contributed by atoms with E-state index < -0.39 is 20.7 Å². The second kappa shape index (κ2) is 7.66. The average molecular weight is 334 g/mol. The predicted octanol–water partition coefficient (Wildman–Crippen LogP) is 3.04. The van der Waals surface area contributed by atoms with Gasteiger partial charge < -0.3 is 10.1 Å². The zero-order valence-electron chi connectivity index (χ0n) is 12.1. The van der Waals surface area contributed by atoms with Crippen LogP contribution < -0.4 is 5.32 Å². The third-order valence-electron chi connectivity index (χ3n) is 3.29. The monoisotopic (exact) mass is 333 g/mol. The predicted molar refractivity (Wildman–Crippen MR) is 82.7 cm³/mol. The Morgan fingerprint density at radius 2 is 1.95 bits per heavy atom. The van der Waals surface area contributed by atoms with Crippen molar-refractivity contribution in [1.29, 1.82) is 0 Å². The lowest BCUT2D eigenvalue weighted by atomic mass is 9.96. The number of benzene rings is 1. The first-order chi connectivity index (χ1) is 9.74. The first-order valence-corrected chi connectivity index (χ1v) is 9.13. The molecule has 0 bridgehead atoms. The fourth-order valence-corrected chi connectivity index (χ4v) is 2.61. The molecule has 0 heterocycles. The van der Waals surface area contributed by atoms with Crippen molar-refractivity contribution >= 4 is 25.8 Å². The molecule has 7 heteroatoms. The molecule has 5 nitrogen and oxygen atoms in total. The van der Waals surface area contributed by atoms with Crippen LogP contribution in [0, 0.1) is 0 Å². The summed E-state index contributed by atoms with van der Waals surface area (Å²) in [6.07, 6.45) is 0.227. The second-order valence-electron chi connectivity index (χ2n) is 5.09. The van der Waals surface area contributed by atoms with Crippen molar-refractivity contribution in [1.82, 2.24) is 5.32 Å². The lowest BCUT2D eigenvalue weighted by molar-refractivity contribution is 0.126. The molecule has 0 aliphatic carbocycles. The highest BCUT2D eigenvalue weighted by molar-refractivity contribution is 8.13. The standard InChI is InChI=1S/C14H20ClNO4S/c1-3-14(2,9-10-21(15,18)19)16-13(17)20-11-12-7-5-4-6-8-12/h4-8H,3,9-11H2,1-2H3,(H,16,17). The van der Waals surface area contributed by atoms with Crippen LogP contribution in [-0.4, -0.2) is 25.8 Å². The molecule has 0 aromatic heterocycles. The third-order valence-corrected chi connectivity index (χ3v) is 4.45. The Balaban J connectivity index is 2.50. The maximum Gasteiger partial charge on any atom is 0.407 e. The molecule has 1 unspecified atom stereocenters. The molecule has 118 valence electrons. The summed E-state index contributed by atoms with van der Waals surface area (Å²) < 4.78 is 27.1. The Morgan fingerprint density at radius 1 is 1.33 bits per heavy atom. The molecule has 0 saturated carbocycles. The van der Waals surface area contributed by atoms with Crippen LogP contribution in [0.2, 0.25) is 0 Å². The molecule has 0 aliphatic heterocycles. The molecule has 0 aliphatic rings. The van der Waals surface area contributed by atoms with Crippen LogP contribution in [0.4, 0.5) is 4.79 Å². The number of alkyl carbamates (subject to hydrolysis) is 1. The molecule has 1 atom stereocenters. The van der Waals surface area contributed by atoms with Crippen LogP contribution in [0.3, 0.4) is 0 Å². The van der Waals surface area contributed by atoms with Gasteiger partial charge >= 0.3 is 6.09 Å². The largest absolute Gasteiger partial charge is 0.445 e. The van der Waals surface area contributed by atoms with E-state index in [2.05, 4.69) is 5.32 Å². The van der Waals surface area contributed by atoms with Gasteiger partial charge in [-0.2, -0.15) is 0 Å². The number of ether oxygens (including phenoxy) is 1. The van der Waals surface area contributed by atoms with Gasteiger partial charge in [0.2, 0.25) is 9.05 Å². The highest BCUT2D eigenvalue weighted by atomic mass is 35.7. The summed E-state index contributed by atoms with van der Waals surface area (Å²) in [5.74, 6) is -0.197. The van der Waals surface area contributed by atoms with E-state index in [0.29, 0.717) is 6.42 Å². The van der Waals surface area contributed by atoms with Gasteiger partial charge in [0.15, 0.2) is 0 Å². The Hall–Kier alpha value is -1.27. The molecule has 0 saturated heterocycles. The lowest BCUT2D eigenvalue weighted by Gasteiger charge is -2.28. The molecule has 1 aromatic rings. The van der Waals surface area contributed by atoms with Crippen LogP contribution in [0.15, 0.2) is 30.3 Å². The minimum absolute atomic E-state index is 0.167. The minimum Gasteiger partial charge on any atom is -0.445 e. The highest BCUT2D eigenvalue weighted by Crippen LogP contribution is 2.17. The van der Waals surface area contributed by atoms with Gasteiger partial charge in [-0.3, -0.25) is 0 Å². The molecule has 0 spiro atoms. The summed E-state index contributed by atoms with van der Waals surface area (Å²) in [5, 5.41) is 2.70. The number of carbonyl (C=O) groups is 1. The van der Waals surface area contributed by atoms with Crippen molar-refractivity contribution in [2.45, 2.75) is 38.8 Å². The number of nitrogens with one attached hydrogen (secondary N) is 1. The van der Waals surface area contributed by atoms with Crippen LogP contribution in [-0.2, 0) is 20.4 Å². The normalized spacial score (nSPS) is 14.2. The number of hydrogen-bond acceptors (Lipinski definition) is 4. The van der Waals surface area contributed by atoms with E-state index in [9.17, 15) is 13.2 Å². The molecular formula is C14H20ClNO4S. The van der Waals surface area contributed by atoms with Gasteiger partial charge in [-0.05, 0) is 25.3 Å². The summed E-state index contributed by atoms with van der Waals surface area (Å²) in [4.78, 5) is 11.8. The van der Waals surface area contributed by atoms with E-state index >= 15 is 0 Å². The van der Waals surface area contributed by atoms with Crippen LogP contribution >= 0.6 is 10.7 Å². The Bertz CT molecular complexity index is 562.